The van der Waals surface area contributed by atoms with Crippen molar-refractivity contribution in [3.05, 3.63) is 0 Å². The fraction of sp³-hybridized carbons (Fsp3) is 1.00. The van der Waals surface area contributed by atoms with Gasteiger partial charge in [0, 0.05) is 1.37 Å². The van der Waals surface area contributed by atoms with E-state index in [1.165, 1.54) is 7.40 Å². The van der Waals surface area contributed by atoms with Crippen molar-refractivity contribution in [1.29, 1.82) is 0 Å². The van der Waals surface area contributed by atoms with Crippen LogP contribution in [0.15, 0.2) is 0 Å². The van der Waals surface area contributed by atoms with E-state index in [4.69, 9.17) is 1.37 Å². The van der Waals surface area contributed by atoms with E-state index in [-0.39, 0.29) is 37.2 Å². The fourth-order valence-electron chi connectivity index (χ4n) is 0. The summed E-state index contributed by atoms with van der Waals surface area (Å²) in [4.78, 5) is 0. The van der Waals surface area contributed by atoms with Crippen LogP contribution in [0.1, 0.15) is 8.77 Å². The maximum Gasteiger partial charge on any atom is 0.0194 e. The molecule has 0 saturated heterocycles. The molecule has 3 heteroatoms. The Kier molecular flexibility index (Phi) is 220. The van der Waals surface area contributed by atoms with Crippen molar-refractivity contribution in [2.75, 3.05) is 0 Å². The van der Waals surface area contributed by atoms with Crippen molar-refractivity contribution in [2.45, 2.75) is 7.40 Å². The first kappa shape index (κ1) is 20.9. The van der Waals surface area contributed by atoms with Crippen molar-refractivity contribution in [1.82, 2.24) is 0 Å². The molecule has 0 amide bonds. The highest BCUT2D eigenvalue weighted by atomic mass is 35.5. The molecular weight excluding hydrogens is 118 g/mol. The van der Waals surface area contributed by atoms with E-state index in [1.54, 1.807) is 0 Å². The SMILES string of the molecule is Cl.Cl.Cl.[3H]C. The summed E-state index contributed by atoms with van der Waals surface area (Å²) in [6, 6.07) is 0. The van der Waals surface area contributed by atoms with Gasteiger partial charge in [0.15, 0.2) is 0 Å². The first-order valence-corrected chi connectivity index (χ1v) is 0. The highest BCUT2D eigenvalue weighted by molar-refractivity contribution is 5.86. The summed E-state index contributed by atoms with van der Waals surface area (Å²) in [6.45, 7) is 0. The molecule has 4 heavy (non-hydrogen) atoms. The van der Waals surface area contributed by atoms with Gasteiger partial charge in [-0.3, -0.25) is 0 Å². The van der Waals surface area contributed by atoms with Gasteiger partial charge in [0.1, 0.15) is 0 Å². The lowest BCUT2D eigenvalue weighted by atomic mass is 12.0. The van der Waals surface area contributed by atoms with Gasteiger partial charge in [-0.2, -0.15) is 0 Å². The van der Waals surface area contributed by atoms with Crippen LogP contribution in [0, 0.1) is 0 Å². The standard InChI is InChI=1S/CH4.3ClH/h1H4;3*1H/i1T;;;. The molecule has 0 saturated carbocycles. The van der Waals surface area contributed by atoms with E-state index in [0.29, 0.717) is 0 Å². The van der Waals surface area contributed by atoms with Crippen LogP contribution in [0.2, 0.25) is 0 Å². The molecule has 0 bridgehead atoms. The third-order valence-electron chi connectivity index (χ3n) is 0. The first-order valence-electron chi connectivity index (χ1n) is 1.00. The number of hydrogen-bond acceptors (Lipinski definition) is 0. The van der Waals surface area contributed by atoms with Crippen molar-refractivity contribution >= 4 is 37.2 Å². The summed E-state index contributed by atoms with van der Waals surface area (Å²) in [5.74, 6) is 0. The summed E-state index contributed by atoms with van der Waals surface area (Å²) in [6.07, 6.45) is 0. The Hall–Kier alpha value is 0.870. The largest absolute Gasteiger partial charge is 0.147 e. The number of halogens is 3. The van der Waals surface area contributed by atoms with Gasteiger partial charge in [0.05, 0.1) is 0 Å². The van der Waals surface area contributed by atoms with E-state index < -0.39 is 0 Å². The van der Waals surface area contributed by atoms with Crippen LogP contribution in [0.4, 0.5) is 0 Å². The third kappa shape index (κ3) is 13.3. The fourth-order valence-corrected chi connectivity index (χ4v) is 0. The minimum absolute atomic E-state index is 0. The summed E-state index contributed by atoms with van der Waals surface area (Å²) < 4.78 is 5.75. The molecule has 0 aromatic rings. The Morgan fingerprint density at radius 1 is 1.00 bits per heavy atom. The molecule has 0 aliphatic heterocycles. The summed E-state index contributed by atoms with van der Waals surface area (Å²) in [5.41, 5.74) is 0. The number of hydrogen-bond donors (Lipinski definition) is 0. The Bertz CT molecular complexity index is 6.85. The lowest BCUT2D eigenvalue weighted by molar-refractivity contribution is 2.50. The maximum atomic E-state index is 5.75. The van der Waals surface area contributed by atoms with Crippen LogP contribution in [-0.4, -0.2) is 0 Å². The van der Waals surface area contributed by atoms with Gasteiger partial charge in [0.2, 0.25) is 0 Å². The quantitative estimate of drug-likeness (QED) is 0.466. The van der Waals surface area contributed by atoms with Crippen molar-refractivity contribution in [3.63, 3.8) is 0 Å². The van der Waals surface area contributed by atoms with Crippen LogP contribution in [0.5, 0.6) is 0 Å². The zero-order valence-corrected chi connectivity index (χ0v) is 4.67. The Morgan fingerprint density at radius 2 is 1.00 bits per heavy atom. The van der Waals surface area contributed by atoms with Crippen LogP contribution in [-0.2, 0) is 0 Å². The third-order valence-corrected chi connectivity index (χ3v) is 0. The molecule has 0 nitrogen and oxygen atoms in total. The lowest BCUT2D eigenvalue weighted by Gasteiger charge is -0.148. The van der Waals surface area contributed by atoms with E-state index >= 15 is 0 Å². The molecule has 0 spiro atoms. The monoisotopic (exact) mass is 126 g/mol. The predicted octanol–water partition coefficient (Wildman–Crippen LogP) is 1.90. The minimum atomic E-state index is 0. The molecule has 0 radical (unpaired) electrons. The Labute approximate surface area is 46.6 Å². The molecule has 0 aromatic heterocycles. The Balaban J connectivity index is -0.00000000167. The summed E-state index contributed by atoms with van der Waals surface area (Å²) >= 11 is 0. The summed E-state index contributed by atoms with van der Waals surface area (Å²) in [5, 5.41) is 0. The average molecular weight is 127 g/mol. The lowest BCUT2D eigenvalue weighted by Crippen LogP contribution is 0.144. The molecule has 0 aliphatic rings. The van der Waals surface area contributed by atoms with Crippen LogP contribution in [0.25, 0.3) is 0 Å². The second-order valence-corrected chi connectivity index (χ2v) is 0. The van der Waals surface area contributed by atoms with E-state index in [2.05, 4.69) is 0 Å². The summed E-state index contributed by atoms with van der Waals surface area (Å²) in [7, 11) is 1.25. The highest BCUT2D eigenvalue weighted by Gasteiger charge is -0.0775. The smallest absolute Gasteiger partial charge is 0.0194 e. The van der Waals surface area contributed by atoms with Gasteiger partial charge in [-0.15, -0.1) is 37.2 Å². The Morgan fingerprint density at radius 3 is 1.00 bits per heavy atom. The van der Waals surface area contributed by atoms with Crippen LogP contribution in [0.3, 0.4) is 0 Å². The molecule has 0 aliphatic carbocycles. The first-order chi connectivity index (χ1) is 1.00. The van der Waals surface area contributed by atoms with Gasteiger partial charge in [-0.25, -0.2) is 0 Å². The van der Waals surface area contributed by atoms with Crippen molar-refractivity contribution < 1.29 is 1.37 Å². The van der Waals surface area contributed by atoms with E-state index in [1.807, 2.05) is 0 Å². The molecule has 0 atom stereocenters. The zero-order chi connectivity index (χ0) is 2.00. The van der Waals surface area contributed by atoms with Gasteiger partial charge in [-0.1, -0.05) is 7.40 Å². The molecule has 0 N–H and O–H groups in total. The average Bonchev–Trinajstić information content (AvgIpc) is 1.00. The van der Waals surface area contributed by atoms with Crippen molar-refractivity contribution in [2.24, 2.45) is 0 Å². The van der Waals surface area contributed by atoms with E-state index in [9.17, 15) is 0 Å². The van der Waals surface area contributed by atoms with Gasteiger partial charge >= 0.3 is 0 Å². The molecule has 0 unspecified atom stereocenters. The minimum Gasteiger partial charge on any atom is -0.147 e. The molecule has 0 heterocycles. The van der Waals surface area contributed by atoms with Gasteiger partial charge in [-0.05, 0) is 0 Å². The maximum absolute atomic E-state index is 5.75. The molecular formula is CH7Cl3. The van der Waals surface area contributed by atoms with Crippen LogP contribution >= 0.6 is 37.2 Å². The zero-order valence-electron chi connectivity index (χ0n) is 3.22. The second-order valence-electron chi connectivity index (χ2n) is 0. The highest BCUT2D eigenvalue weighted by Crippen LogP contribution is 0.692. The van der Waals surface area contributed by atoms with Gasteiger partial charge in [0.25, 0.3) is 0 Å². The molecule has 0 rings (SSSR count). The molecule has 32 valence electrons. The molecule has 0 aromatic carbocycles. The van der Waals surface area contributed by atoms with Crippen LogP contribution < -0.4 is 0 Å². The van der Waals surface area contributed by atoms with E-state index in [0.717, 1.165) is 0 Å². The van der Waals surface area contributed by atoms with Crippen molar-refractivity contribution in [3.8, 4) is 0 Å². The topological polar surface area (TPSA) is 0 Å². The normalized spacial score (nSPS) is 1.75. The predicted molar refractivity (Wildman–Crippen MR) is 28.5 cm³/mol. The number of rotatable bonds is 0. The molecule has 0 fully saturated rings. The van der Waals surface area contributed by atoms with Gasteiger partial charge < -0.3 is 0 Å². The second kappa shape index (κ2) is 42.1.